The summed E-state index contributed by atoms with van der Waals surface area (Å²) in [5.41, 5.74) is 5.68. The second-order valence-corrected chi connectivity index (χ2v) is 12.4. The fourth-order valence-electron chi connectivity index (χ4n) is 3.52. The van der Waals surface area contributed by atoms with Crippen molar-refractivity contribution >= 4 is 31.9 Å². The number of benzene rings is 3. The first-order chi connectivity index (χ1) is 18.5. The number of methoxy groups -OCH3 is 1. The summed E-state index contributed by atoms with van der Waals surface area (Å²) in [7, 11) is -6.54. The van der Waals surface area contributed by atoms with Gasteiger partial charge in [-0.3, -0.25) is 4.79 Å². The van der Waals surface area contributed by atoms with Gasteiger partial charge in [-0.05, 0) is 62.7 Å². The minimum Gasteiger partial charge on any atom is -0.468 e. The zero-order valence-electron chi connectivity index (χ0n) is 22.1. The average molecular weight is 564 g/mol. The molecule has 39 heavy (non-hydrogen) atoms. The van der Waals surface area contributed by atoms with Crippen LogP contribution in [0.1, 0.15) is 29.2 Å². The molecule has 1 atom stereocenters. The highest BCUT2D eigenvalue weighted by molar-refractivity contribution is 7.94. The first-order valence-corrected chi connectivity index (χ1v) is 14.9. The Labute approximate surface area is 230 Å². The summed E-state index contributed by atoms with van der Waals surface area (Å²) < 4.78 is 57.6. The lowest BCUT2D eigenvalue weighted by Crippen LogP contribution is -2.44. The first-order valence-electron chi connectivity index (χ1n) is 11.9. The summed E-state index contributed by atoms with van der Waals surface area (Å²) in [6.45, 7) is 4.88. The number of nitrogens with zero attached hydrogens (tertiary/aromatic N) is 1. The predicted molar refractivity (Wildman–Crippen MR) is 151 cm³/mol. The molecule has 0 amide bonds. The Balaban J connectivity index is 1.91. The molecule has 3 aromatic carbocycles. The molecule has 3 aromatic rings. The molecule has 0 aromatic heterocycles. The number of carbonyl (C=O) groups excluding carboxylic acids is 1. The molecule has 0 saturated heterocycles. The minimum atomic E-state index is -4.06. The third-order valence-electron chi connectivity index (χ3n) is 5.83. The zero-order chi connectivity index (χ0) is 28.6. The Morgan fingerprint density at radius 1 is 0.897 bits per heavy atom. The van der Waals surface area contributed by atoms with Gasteiger partial charge in [0, 0.05) is 5.56 Å². The van der Waals surface area contributed by atoms with E-state index in [1.807, 2.05) is 13.8 Å². The van der Waals surface area contributed by atoms with Crippen molar-refractivity contribution in [1.82, 2.24) is 4.31 Å². The highest BCUT2D eigenvalue weighted by Crippen LogP contribution is 2.20. The summed E-state index contributed by atoms with van der Waals surface area (Å²) in [4.78, 5) is 12.4. The quantitative estimate of drug-likeness (QED) is 0.227. The van der Waals surface area contributed by atoms with E-state index >= 15 is 0 Å². The molecule has 0 aliphatic carbocycles. The van der Waals surface area contributed by atoms with Gasteiger partial charge in [0.05, 0.1) is 28.9 Å². The molecule has 202 valence electrons. The second kappa shape index (κ2) is 12.7. The topological polar surface area (TPSA) is 97.8 Å². The molecule has 3 rings (SSSR count). The van der Waals surface area contributed by atoms with E-state index in [0.717, 1.165) is 20.8 Å². The van der Waals surface area contributed by atoms with Crippen LogP contribution in [0, 0.1) is 25.7 Å². The molecule has 0 aliphatic rings. The van der Waals surface area contributed by atoms with Crippen LogP contribution in [0.4, 0.5) is 0 Å². The van der Waals surface area contributed by atoms with Crippen LogP contribution < -0.4 is 0 Å². The Hall–Kier alpha value is -3.93. The van der Waals surface area contributed by atoms with Crippen molar-refractivity contribution in [3.8, 4) is 11.8 Å². The molecule has 0 unspecified atom stereocenters. The van der Waals surface area contributed by atoms with Crippen molar-refractivity contribution in [1.29, 1.82) is 0 Å². The SMILES string of the molecule is COC(=O)[C@H](C)N(CC#Cc1ccccc1C=C=CS(=O)(=O)c1ccc(C)cc1)S(=O)(=O)c1ccc(C)cc1. The number of rotatable bonds is 8. The van der Waals surface area contributed by atoms with Crippen molar-refractivity contribution in [2.45, 2.75) is 36.6 Å². The van der Waals surface area contributed by atoms with Gasteiger partial charge in [-0.1, -0.05) is 65.4 Å². The van der Waals surface area contributed by atoms with E-state index in [4.69, 9.17) is 4.74 Å². The van der Waals surface area contributed by atoms with E-state index in [1.165, 1.54) is 44.4 Å². The van der Waals surface area contributed by atoms with E-state index in [0.29, 0.717) is 11.1 Å². The number of carbonyl (C=O) groups is 1. The van der Waals surface area contributed by atoms with E-state index in [9.17, 15) is 21.6 Å². The number of hydrogen-bond donors (Lipinski definition) is 0. The Kier molecular flexibility index (Phi) is 9.68. The van der Waals surface area contributed by atoms with Gasteiger partial charge in [0.15, 0.2) is 0 Å². The van der Waals surface area contributed by atoms with E-state index in [-0.39, 0.29) is 16.3 Å². The maximum absolute atomic E-state index is 13.4. The van der Waals surface area contributed by atoms with Gasteiger partial charge in [0.25, 0.3) is 0 Å². The second-order valence-electron chi connectivity index (χ2n) is 8.74. The van der Waals surface area contributed by atoms with E-state index in [1.54, 1.807) is 48.5 Å². The zero-order valence-corrected chi connectivity index (χ0v) is 23.7. The number of hydrogen-bond acceptors (Lipinski definition) is 6. The normalized spacial score (nSPS) is 12.0. The smallest absolute Gasteiger partial charge is 0.323 e. The molecular formula is C30H29NO6S2. The fraction of sp³-hybridized carbons (Fsp3) is 0.200. The maximum atomic E-state index is 13.4. The van der Waals surface area contributed by atoms with E-state index in [2.05, 4.69) is 17.6 Å². The van der Waals surface area contributed by atoms with Crippen LogP contribution in [0.3, 0.4) is 0 Å². The number of sulfonamides is 1. The molecule has 0 fully saturated rings. The Morgan fingerprint density at radius 3 is 2.05 bits per heavy atom. The van der Waals surface area contributed by atoms with Crippen molar-refractivity contribution in [2.24, 2.45) is 0 Å². The first kappa shape index (κ1) is 29.6. The molecule has 0 bridgehead atoms. The van der Waals surface area contributed by atoms with Gasteiger partial charge < -0.3 is 4.74 Å². The lowest BCUT2D eigenvalue weighted by Gasteiger charge is -2.24. The van der Waals surface area contributed by atoms with Gasteiger partial charge >= 0.3 is 5.97 Å². The van der Waals surface area contributed by atoms with Gasteiger partial charge in [0.2, 0.25) is 19.9 Å². The highest BCUT2D eigenvalue weighted by atomic mass is 32.2. The lowest BCUT2D eigenvalue weighted by atomic mass is 10.1. The number of esters is 1. The van der Waals surface area contributed by atoms with Crippen molar-refractivity contribution in [3.63, 3.8) is 0 Å². The van der Waals surface area contributed by atoms with Crippen LogP contribution in [0.2, 0.25) is 0 Å². The van der Waals surface area contributed by atoms with Crippen molar-refractivity contribution in [2.75, 3.05) is 13.7 Å². The van der Waals surface area contributed by atoms with Gasteiger partial charge in [-0.25, -0.2) is 16.8 Å². The highest BCUT2D eigenvalue weighted by Gasteiger charge is 2.33. The van der Waals surface area contributed by atoms with Crippen LogP contribution >= 0.6 is 0 Å². The van der Waals surface area contributed by atoms with Crippen LogP contribution in [-0.2, 0) is 29.4 Å². The van der Waals surface area contributed by atoms with Crippen LogP contribution in [0.25, 0.3) is 6.08 Å². The van der Waals surface area contributed by atoms with Gasteiger partial charge in [-0.15, -0.1) is 5.73 Å². The molecule has 0 heterocycles. The molecule has 0 N–H and O–H groups in total. The molecule has 0 aliphatic heterocycles. The van der Waals surface area contributed by atoms with Crippen LogP contribution in [-0.4, -0.2) is 46.8 Å². The Morgan fingerprint density at radius 2 is 1.46 bits per heavy atom. The summed E-state index contributed by atoms with van der Waals surface area (Å²) in [6.07, 6.45) is 1.49. The fourth-order valence-corrected chi connectivity index (χ4v) is 5.91. The van der Waals surface area contributed by atoms with Crippen molar-refractivity contribution < 1.29 is 26.4 Å². The Bertz CT molecular complexity index is 1670. The van der Waals surface area contributed by atoms with Crippen LogP contribution in [0.5, 0.6) is 0 Å². The monoisotopic (exact) mass is 563 g/mol. The molecule has 7 nitrogen and oxygen atoms in total. The molecule has 0 radical (unpaired) electrons. The van der Waals surface area contributed by atoms with E-state index < -0.39 is 31.9 Å². The summed E-state index contributed by atoms with van der Waals surface area (Å²) in [5, 5.41) is 0.996. The molecular weight excluding hydrogens is 534 g/mol. The minimum absolute atomic E-state index is 0.0360. The standard InChI is InChI=1S/C30H29NO6S2/c1-23-13-17-28(18-14-23)38(33,34)22-8-12-27-10-6-5-9-26(27)11-7-21-31(25(3)30(32)37-4)39(35,36)29-19-15-24(2)16-20-29/h5-6,9-10,12-20,22,25H,21H2,1-4H3/t8?,25-/m0/s1. The summed E-state index contributed by atoms with van der Waals surface area (Å²) in [5.74, 6) is 5.06. The van der Waals surface area contributed by atoms with Crippen LogP contribution in [0.15, 0.2) is 93.7 Å². The number of aryl methyl sites for hydroxylation is 2. The number of ether oxygens (including phenoxy) is 1. The summed E-state index contributed by atoms with van der Waals surface area (Å²) >= 11 is 0. The van der Waals surface area contributed by atoms with Gasteiger partial charge in [-0.2, -0.15) is 4.31 Å². The number of sulfone groups is 1. The lowest BCUT2D eigenvalue weighted by molar-refractivity contribution is -0.144. The third kappa shape index (κ3) is 7.56. The molecule has 9 heteroatoms. The molecule has 0 saturated carbocycles. The largest absolute Gasteiger partial charge is 0.468 e. The molecule has 0 spiro atoms. The third-order valence-corrected chi connectivity index (χ3v) is 9.14. The predicted octanol–water partition coefficient (Wildman–Crippen LogP) is 4.51. The summed E-state index contributed by atoms with van der Waals surface area (Å²) in [6, 6.07) is 18.7. The average Bonchev–Trinajstić information content (AvgIpc) is 2.91. The van der Waals surface area contributed by atoms with Crippen molar-refractivity contribution in [3.05, 3.63) is 106 Å². The van der Waals surface area contributed by atoms with Gasteiger partial charge in [0.1, 0.15) is 6.04 Å². The maximum Gasteiger partial charge on any atom is 0.323 e.